The van der Waals surface area contributed by atoms with Crippen LogP contribution in [0.5, 0.6) is 0 Å². The number of carbonyl (C=O) groups is 2. The lowest BCUT2D eigenvalue weighted by Crippen LogP contribution is -2.45. The molecule has 0 saturated carbocycles. The summed E-state index contributed by atoms with van der Waals surface area (Å²) in [7, 11) is 0. The Bertz CT molecular complexity index is 819. The second-order valence-corrected chi connectivity index (χ2v) is 7.11. The topological polar surface area (TPSA) is 55.4 Å². The minimum Gasteiger partial charge on any atom is -0.460 e. The van der Waals surface area contributed by atoms with Gasteiger partial charge >= 0.3 is 5.97 Å². The highest BCUT2D eigenvalue weighted by Gasteiger charge is 2.26. The molecule has 0 saturated heterocycles. The number of carbonyl (C=O) groups excluding carboxylic acids is 2. The molecular weight excluding hydrogens is 385 g/mol. The lowest BCUT2D eigenvalue weighted by molar-refractivity contribution is -0.145. The van der Waals surface area contributed by atoms with Gasteiger partial charge in [-0.25, -0.2) is 4.79 Å². The number of benzene rings is 2. The van der Waals surface area contributed by atoms with Crippen molar-refractivity contribution in [3.8, 4) is 0 Å². The Kier molecular flexibility index (Phi) is 7.89. The maximum Gasteiger partial charge on any atom is 0.329 e. The van der Waals surface area contributed by atoms with Crippen molar-refractivity contribution in [2.45, 2.75) is 19.9 Å². The number of esters is 1. The van der Waals surface area contributed by atoms with Gasteiger partial charge in [0.25, 0.3) is 5.91 Å². The Labute approximate surface area is 169 Å². The first-order chi connectivity index (χ1) is 12.9. The van der Waals surface area contributed by atoms with Gasteiger partial charge < -0.3 is 10.1 Å². The Morgan fingerprint density at radius 1 is 1.11 bits per heavy atom. The molecule has 2 aromatic carbocycles. The first kappa shape index (κ1) is 21.0. The lowest BCUT2D eigenvalue weighted by Gasteiger charge is -2.20. The number of ether oxygens (including phenoxy) is 1. The van der Waals surface area contributed by atoms with Crippen molar-refractivity contribution in [3.05, 3.63) is 75.8 Å². The van der Waals surface area contributed by atoms with Crippen LogP contribution < -0.4 is 5.32 Å². The standard InChI is InChI=1S/C21H21Cl2NO3/c1-14(2)19(24-20(25)17-11-10-16(22)13-18(17)23)21(26)27-12-6-9-15-7-4-3-5-8-15/h3-11,13-14,19H,12H2,1-2H3,(H,24,25)/b9-6+/t19-/m0/s1. The van der Waals surface area contributed by atoms with Crippen LogP contribution in [-0.2, 0) is 9.53 Å². The molecule has 0 radical (unpaired) electrons. The van der Waals surface area contributed by atoms with Crippen molar-refractivity contribution in [1.29, 1.82) is 0 Å². The number of amides is 1. The third-order valence-electron chi connectivity index (χ3n) is 3.81. The van der Waals surface area contributed by atoms with Crippen LogP contribution in [-0.4, -0.2) is 24.5 Å². The first-order valence-electron chi connectivity index (χ1n) is 8.52. The predicted molar refractivity (Wildman–Crippen MR) is 109 cm³/mol. The van der Waals surface area contributed by atoms with E-state index in [-0.39, 0.29) is 23.1 Å². The quantitative estimate of drug-likeness (QED) is 0.658. The van der Waals surface area contributed by atoms with E-state index in [2.05, 4.69) is 5.32 Å². The van der Waals surface area contributed by atoms with Gasteiger partial charge in [-0.05, 0) is 35.8 Å². The maximum absolute atomic E-state index is 12.5. The van der Waals surface area contributed by atoms with Crippen molar-refractivity contribution in [3.63, 3.8) is 0 Å². The van der Waals surface area contributed by atoms with Crippen LogP contribution in [0, 0.1) is 5.92 Å². The molecule has 2 aromatic rings. The summed E-state index contributed by atoms with van der Waals surface area (Å²) in [6, 6.07) is 13.5. The van der Waals surface area contributed by atoms with Crippen LogP contribution in [0.25, 0.3) is 6.08 Å². The number of nitrogens with one attached hydrogen (secondary N) is 1. The average molecular weight is 406 g/mol. The zero-order chi connectivity index (χ0) is 19.8. The van der Waals surface area contributed by atoms with Gasteiger partial charge in [0.2, 0.25) is 0 Å². The van der Waals surface area contributed by atoms with Crippen LogP contribution in [0.15, 0.2) is 54.6 Å². The fraction of sp³-hybridized carbons (Fsp3) is 0.238. The molecule has 4 nitrogen and oxygen atoms in total. The molecule has 0 unspecified atom stereocenters. The molecule has 1 N–H and O–H groups in total. The highest BCUT2D eigenvalue weighted by molar-refractivity contribution is 6.36. The van der Waals surface area contributed by atoms with Crippen molar-refractivity contribution >= 4 is 41.2 Å². The van der Waals surface area contributed by atoms with E-state index >= 15 is 0 Å². The van der Waals surface area contributed by atoms with Gasteiger partial charge in [-0.1, -0.05) is 73.5 Å². The summed E-state index contributed by atoms with van der Waals surface area (Å²) in [6.07, 6.45) is 3.62. The lowest BCUT2D eigenvalue weighted by atomic mass is 10.0. The maximum atomic E-state index is 12.5. The molecule has 0 aliphatic carbocycles. The van der Waals surface area contributed by atoms with E-state index in [1.807, 2.05) is 50.3 Å². The first-order valence-corrected chi connectivity index (χ1v) is 9.28. The summed E-state index contributed by atoms with van der Waals surface area (Å²) < 4.78 is 5.28. The van der Waals surface area contributed by atoms with Gasteiger partial charge in [0, 0.05) is 5.02 Å². The van der Waals surface area contributed by atoms with Gasteiger partial charge in [0.1, 0.15) is 12.6 Å². The second kappa shape index (κ2) is 10.1. The van der Waals surface area contributed by atoms with E-state index in [9.17, 15) is 9.59 Å². The molecule has 0 aliphatic heterocycles. The summed E-state index contributed by atoms with van der Waals surface area (Å²) in [5.74, 6) is -1.10. The molecule has 6 heteroatoms. The summed E-state index contributed by atoms with van der Waals surface area (Å²) in [5.41, 5.74) is 1.27. The average Bonchev–Trinajstić information content (AvgIpc) is 2.63. The van der Waals surface area contributed by atoms with E-state index in [4.69, 9.17) is 27.9 Å². The Hall–Kier alpha value is -2.30. The summed E-state index contributed by atoms with van der Waals surface area (Å²) in [5, 5.41) is 3.34. The largest absolute Gasteiger partial charge is 0.460 e. The zero-order valence-corrected chi connectivity index (χ0v) is 16.6. The molecule has 0 aromatic heterocycles. The highest BCUT2D eigenvalue weighted by Crippen LogP contribution is 2.21. The number of hydrogen-bond acceptors (Lipinski definition) is 3. The van der Waals surface area contributed by atoms with Crippen molar-refractivity contribution in [2.24, 2.45) is 5.92 Å². The van der Waals surface area contributed by atoms with Crippen LogP contribution in [0.1, 0.15) is 29.8 Å². The molecule has 0 bridgehead atoms. The minimum absolute atomic E-state index is 0.120. The predicted octanol–water partition coefficient (Wildman–Crippen LogP) is 5.00. The van der Waals surface area contributed by atoms with E-state index in [0.717, 1.165) is 5.56 Å². The van der Waals surface area contributed by atoms with Gasteiger partial charge in [0.05, 0.1) is 10.6 Å². The van der Waals surface area contributed by atoms with Gasteiger partial charge in [-0.3, -0.25) is 4.79 Å². The third-order valence-corrected chi connectivity index (χ3v) is 4.36. The van der Waals surface area contributed by atoms with Crippen LogP contribution >= 0.6 is 23.2 Å². The summed E-state index contributed by atoms with van der Waals surface area (Å²) in [4.78, 5) is 24.8. The van der Waals surface area contributed by atoms with Crippen LogP contribution in [0.3, 0.4) is 0 Å². The Morgan fingerprint density at radius 2 is 1.81 bits per heavy atom. The molecule has 2 rings (SSSR count). The van der Waals surface area contributed by atoms with Gasteiger partial charge in [0.15, 0.2) is 0 Å². The number of rotatable bonds is 7. The van der Waals surface area contributed by atoms with Crippen molar-refractivity contribution < 1.29 is 14.3 Å². The Morgan fingerprint density at radius 3 is 2.44 bits per heavy atom. The second-order valence-electron chi connectivity index (χ2n) is 6.26. The van der Waals surface area contributed by atoms with Gasteiger partial charge in [-0.2, -0.15) is 0 Å². The van der Waals surface area contributed by atoms with E-state index < -0.39 is 17.9 Å². The summed E-state index contributed by atoms with van der Waals surface area (Å²) >= 11 is 11.9. The molecule has 0 spiro atoms. The monoisotopic (exact) mass is 405 g/mol. The molecular formula is C21H21Cl2NO3. The fourth-order valence-electron chi connectivity index (χ4n) is 2.36. The summed E-state index contributed by atoms with van der Waals surface area (Å²) in [6.45, 7) is 3.78. The van der Waals surface area contributed by atoms with E-state index in [0.29, 0.717) is 5.02 Å². The molecule has 0 aliphatic rings. The van der Waals surface area contributed by atoms with E-state index in [1.165, 1.54) is 12.1 Å². The van der Waals surface area contributed by atoms with E-state index in [1.54, 1.807) is 12.1 Å². The van der Waals surface area contributed by atoms with Crippen molar-refractivity contribution in [2.75, 3.05) is 6.61 Å². The molecule has 0 fully saturated rings. The smallest absolute Gasteiger partial charge is 0.329 e. The SMILES string of the molecule is CC(C)[C@H](NC(=O)c1ccc(Cl)cc1Cl)C(=O)OC/C=C/c1ccccc1. The van der Waals surface area contributed by atoms with Crippen molar-refractivity contribution in [1.82, 2.24) is 5.32 Å². The molecule has 1 amide bonds. The van der Waals surface area contributed by atoms with Crippen LogP contribution in [0.2, 0.25) is 10.0 Å². The number of hydrogen-bond donors (Lipinski definition) is 1. The molecule has 0 heterocycles. The fourth-order valence-corrected chi connectivity index (χ4v) is 2.85. The normalized spacial score (nSPS) is 12.2. The molecule has 1 atom stereocenters. The Balaban J connectivity index is 1.96. The zero-order valence-electron chi connectivity index (χ0n) is 15.1. The van der Waals surface area contributed by atoms with Crippen LogP contribution in [0.4, 0.5) is 0 Å². The number of halogens is 2. The minimum atomic E-state index is -0.783. The van der Waals surface area contributed by atoms with Gasteiger partial charge in [-0.15, -0.1) is 0 Å². The molecule has 142 valence electrons. The molecule has 27 heavy (non-hydrogen) atoms. The highest BCUT2D eigenvalue weighted by atomic mass is 35.5. The third kappa shape index (κ3) is 6.42.